The van der Waals surface area contributed by atoms with Crippen molar-refractivity contribution in [3.63, 3.8) is 0 Å². The van der Waals surface area contributed by atoms with Crippen molar-refractivity contribution in [2.75, 3.05) is 0 Å². The molecular formula is C14H15N3. The van der Waals surface area contributed by atoms with Gasteiger partial charge in [0.05, 0.1) is 0 Å². The summed E-state index contributed by atoms with van der Waals surface area (Å²) in [5.41, 5.74) is 0.957. The van der Waals surface area contributed by atoms with Gasteiger partial charge in [-0.2, -0.15) is 0 Å². The van der Waals surface area contributed by atoms with Gasteiger partial charge in [0.25, 0.3) is 0 Å². The number of benzene rings is 1. The largest absolute Gasteiger partial charge is 0.286 e. The van der Waals surface area contributed by atoms with E-state index in [4.69, 9.17) is 0 Å². The van der Waals surface area contributed by atoms with Crippen LogP contribution in [0.25, 0.3) is 16.4 Å². The summed E-state index contributed by atoms with van der Waals surface area (Å²) in [6, 6.07) is 10.4. The van der Waals surface area contributed by atoms with E-state index in [1.165, 1.54) is 5.39 Å². The van der Waals surface area contributed by atoms with Crippen LogP contribution in [0.1, 0.15) is 19.7 Å². The Morgan fingerprint density at radius 2 is 1.94 bits per heavy atom. The Hall–Kier alpha value is -1.90. The van der Waals surface area contributed by atoms with E-state index in [-0.39, 0.29) is 0 Å². The van der Waals surface area contributed by atoms with Crippen molar-refractivity contribution in [1.29, 1.82) is 0 Å². The van der Waals surface area contributed by atoms with Crippen LogP contribution in [-0.4, -0.2) is 14.6 Å². The van der Waals surface area contributed by atoms with Crippen molar-refractivity contribution in [3.05, 3.63) is 42.4 Å². The summed E-state index contributed by atoms with van der Waals surface area (Å²) in [5, 5.41) is 11.0. The summed E-state index contributed by atoms with van der Waals surface area (Å²) in [6.45, 7) is 4.39. The van der Waals surface area contributed by atoms with Crippen LogP contribution >= 0.6 is 0 Å². The van der Waals surface area contributed by atoms with Gasteiger partial charge in [-0.1, -0.05) is 38.1 Å². The lowest BCUT2D eigenvalue weighted by molar-refractivity contribution is 0.616. The molecule has 2 aromatic heterocycles. The Kier molecular flexibility index (Phi) is 2.32. The van der Waals surface area contributed by atoms with Crippen LogP contribution in [0.15, 0.2) is 36.5 Å². The summed E-state index contributed by atoms with van der Waals surface area (Å²) in [7, 11) is 0. The standard InChI is InChI=1S/C14H15N3/c1-10(2)9-13-15-16-14-12-6-4-3-5-11(12)7-8-17(13)14/h3-8,10H,9H2,1-2H3. The minimum atomic E-state index is 0.592. The quantitative estimate of drug-likeness (QED) is 0.671. The van der Waals surface area contributed by atoms with Gasteiger partial charge in [-0.15, -0.1) is 10.2 Å². The van der Waals surface area contributed by atoms with E-state index in [1.807, 2.05) is 12.1 Å². The number of hydrogen-bond acceptors (Lipinski definition) is 2. The van der Waals surface area contributed by atoms with Crippen LogP contribution in [0.5, 0.6) is 0 Å². The number of rotatable bonds is 2. The van der Waals surface area contributed by atoms with Gasteiger partial charge in [0, 0.05) is 18.0 Å². The molecule has 0 saturated carbocycles. The molecule has 17 heavy (non-hydrogen) atoms. The number of nitrogens with zero attached hydrogens (tertiary/aromatic N) is 3. The SMILES string of the molecule is CC(C)Cc1nnc2c3ccccc3ccn12. The summed E-state index contributed by atoms with van der Waals surface area (Å²) in [6.07, 6.45) is 3.02. The highest BCUT2D eigenvalue weighted by atomic mass is 15.2. The average Bonchev–Trinajstić information content (AvgIpc) is 2.72. The van der Waals surface area contributed by atoms with E-state index in [0.717, 1.165) is 23.3 Å². The molecule has 0 aliphatic heterocycles. The molecule has 0 saturated heterocycles. The molecule has 1 aromatic carbocycles. The lowest BCUT2D eigenvalue weighted by atomic mass is 10.1. The zero-order valence-electron chi connectivity index (χ0n) is 10.1. The fourth-order valence-corrected chi connectivity index (χ4v) is 2.17. The summed E-state index contributed by atoms with van der Waals surface area (Å²) < 4.78 is 2.10. The molecule has 3 heteroatoms. The second-order valence-corrected chi connectivity index (χ2v) is 4.81. The first-order chi connectivity index (χ1) is 8.25. The first-order valence-electron chi connectivity index (χ1n) is 5.97. The number of fused-ring (bicyclic) bond motifs is 3. The normalized spacial score (nSPS) is 11.7. The minimum absolute atomic E-state index is 0.592. The maximum atomic E-state index is 4.31. The fraction of sp³-hybridized carbons (Fsp3) is 0.286. The third kappa shape index (κ3) is 1.68. The van der Waals surface area contributed by atoms with E-state index < -0.39 is 0 Å². The number of hydrogen-bond donors (Lipinski definition) is 0. The molecule has 0 bridgehead atoms. The molecule has 86 valence electrons. The predicted molar refractivity (Wildman–Crippen MR) is 69.0 cm³/mol. The van der Waals surface area contributed by atoms with Crippen LogP contribution in [0.4, 0.5) is 0 Å². The van der Waals surface area contributed by atoms with E-state index >= 15 is 0 Å². The van der Waals surface area contributed by atoms with Gasteiger partial charge in [0.2, 0.25) is 0 Å². The molecule has 2 heterocycles. The first-order valence-corrected chi connectivity index (χ1v) is 5.97. The molecule has 0 amide bonds. The molecule has 0 unspecified atom stereocenters. The molecule has 3 nitrogen and oxygen atoms in total. The van der Waals surface area contributed by atoms with Crippen LogP contribution in [0.3, 0.4) is 0 Å². The zero-order chi connectivity index (χ0) is 11.8. The summed E-state index contributed by atoms with van der Waals surface area (Å²) in [5.74, 6) is 1.63. The highest BCUT2D eigenvalue weighted by molar-refractivity contribution is 5.93. The van der Waals surface area contributed by atoms with Gasteiger partial charge in [-0.3, -0.25) is 4.40 Å². The number of pyridine rings is 1. The maximum Gasteiger partial charge on any atom is 0.168 e. The second kappa shape index (κ2) is 3.84. The zero-order valence-corrected chi connectivity index (χ0v) is 10.1. The van der Waals surface area contributed by atoms with Crippen molar-refractivity contribution >= 4 is 16.4 Å². The van der Waals surface area contributed by atoms with Crippen molar-refractivity contribution in [2.24, 2.45) is 5.92 Å². The summed E-state index contributed by atoms with van der Waals surface area (Å²) >= 11 is 0. The van der Waals surface area contributed by atoms with Crippen molar-refractivity contribution in [1.82, 2.24) is 14.6 Å². The van der Waals surface area contributed by atoms with Gasteiger partial charge in [-0.25, -0.2) is 0 Å². The monoisotopic (exact) mass is 225 g/mol. The van der Waals surface area contributed by atoms with Gasteiger partial charge in [0.1, 0.15) is 5.82 Å². The third-order valence-corrected chi connectivity index (χ3v) is 2.96. The average molecular weight is 225 g/mol. The first kappa shape index (κ1) is 10.3. The smallest absolute Gasteiger partial charge is 0.168 e. The highest BCUT2D eigenvalue weighted by Crippen LogP contribution is 2.19. The van der Waals surface area contributed by atoms with E-state index in [0.29, 0.717) is 5.92 Å². The molecule has 3 rings (SSSR count). The number of aromatic nitrogens is 3. The summed E-state index contributed by atoms with van der Waals surface area (Å²) in [4.78, 5) is 0. The maximum absolute atomic E-state index is 4.31. The highest BCUT2D eigenvalue weighted by Gasteiger charge is 2.09. The van der Waals surface area contributed by atoms with Gasteiger partial charge in [0.15, 0.2) is 5.65 Å². The molecule has 0 spiro atoms. The second-order valence-electron chi connectivity index (χ2n) is 4.81. The Morgan fingerprint density at radius 3 is 2.76 bits per heavy atom. The minimum Gasteiger partial charge on any atom is -0.286 e. The molecule has 0 radical (unpaired) electrons. The molecule has 0 aliphatic rings. The van der Waals surface area contributed by atoms with Gasteiger partial charge in [-0.05, 0) is 17.4 Å². The third-order valence-electron chi connectivity index (χ3n) is 2.96. The van der Waals surface area contributed by atoms with Crippen LogP contribution < -0.4 is 0 Å². The molecule has 0 aliphatic carbocycles. The molecule has 0 N–H and O–H groups in total. The van der Waals surface area contributed by atoms with Gasteiger partial charge >= 0.3 is 0 Å². The van der Waals surface area contributed by atoms with Crippen molar-refractivity contribution in [2.45, 2.75) is 20.3 Å². The van der Waals surface area contributed by atoms with E-state index in [9.17, 15) is 0 Å². The Labute approximate surface area is 100 Å². The van der Waals surface area contributed by atoms with Crippen LogP contribution in [0.2, 0.25) is 0 Å². The fourth-order valence-electron chi connectivity index (χ4n) is 2.17. The van der Waals surface area contributed by atoms with Crippen molar-refractivity contribution < 1.29 is 0 Å². The van der Waals surface area contributed by atoms with Crippen LogP contribution in [-0.2, 0) is 6.42 Å². The molecular weight excluding hydrogens is 210 g/mol. The Balaban J connectivity index is 2.27. The van der Waals surface area contributed by atoms with Gasteiger partial charge < -0.3 is 0 Å². The predicted octanol–water partition coefficient (Wildman–Crippen LogP) is 3.08. The lowest BCUT2D eigenvalue weighted by Gasteiger charge is -2.04. The van der Waals surface area contributed by atoms with E-state index in [2.05, 4.69) is 52.8 Å². The topological polar surface area (TPSA) is 30.2 Å². The van der Waals surface area contributed by atoms with Crippen molar-refractivity contribution in [3.8, 4) is 0 Å². The Morgan fingerprint density at radius 1 is 1.12 bits per heavy atom. The van der Waals surface area contributed by atoms with E-state index in [1.54, 1.807) is 0 Å². The van der Waals surface area contributed by atoms with Crippen LogP contribution in [0, 0.1) is 5.92 Å². The Bertz CT molecular complexity index is 667. The molecule has 3 aromatic rings. The molecule has 0 fully saturated rings. The molecule has 0 atom stereocenters. The lowest BCUT2D eigenvalue weighted by Crippen LogP contribution is -2.00.